The number of nitrogens with one attached hydrogen (secondary N) is 1. The topological polar surface area (TPSA) is 97.6 Å². The van der Waals surface area contributed by atoms with Gasteiger partial charge in [0.25, 0.3) is 0 Å². The Hall–Kier alpha value is -2.74. The van der Waals surface area contributed by atoms with E-state index in [1.54, 1.807) is 0 Å². The van der Waals surface area contributed by atoms with Crippen LogP contribution in [0.2, 0.25) is 0 Å². The largest absolute Gasteiger partial charge is 0.381 e. The van der Waals surface area contributed by atoms with Crippen molar-refractivity contribution in [2.75, 3.05) is 31.6 Å². The first-order valence-electron chi connectivity index (χ1n) is 10.6. The number of carbonyl (C=O) groups is 2. The van der Waals surface area contributed by atoms with Gasteiger partial charge in [-0.2, -0.15) is 4.98 Å². The summed E-state index contributed by atoms with van der Waals surface area (Å²) in [6.45, 7) is 4.38. The third-order valence-corrected chi connectivity index (χ3v) is 5.87. The highest BCUT2D eigenvalue weighted by atomic mass is 16.5. The van der Waals surface area contributed by atoms with Gasteiger partial charge < -0.3 is 19.5 Å². The van der Waals surface area contributed by atoms with Crippen LogP contribution in [0.3, 0.4) is 0 Å². The summed E-state index contributed by atoms with van der Waals surface area (Å²) in [5.41, 5.74) is 1.67. The van der Waals surface area contributed by atoms with Crippen LogP contribution in [0.25, 0.3) is 0 Å². The first kappa shape index (κ1) is 20.5. The van der Waals surface area contributed by atoms with E-state index < -0.39 is 0 Å². The highest BCUT2D eigenvalue weighted by Crippen LogP contribution is 2.30. The van der Waals surface area contributed by atoms with Crippen LogP contribution in [-0.4, -0.2) is 53.2 Å². The number of piperidine rings is 1. The lowest BCUT2D eigenvalue weighted by atomic mass is 9.96. The quantitative estimate of drug-likeness (QED) is 0.811. The molecule has 2 amide bonds. The molecule has 2 aliphatic rings. The zero-order chi connectivity index (χ0) is 20.9. The van der Waals surface area contributed by atoms with E-state index in [-0.39, 0.29) is 17.7 Å². The number of hydrogen-bond donors (Lipinski definition) is 1. The molecule has 0 spiro atoms. The third-order valence-electron chi connectivity index (χ3n) is 5.87. The summed E-state index contributed by atoms with van der Waals surface area (Å²) in [5.74, 6) is 2.06. The van der Waals surface area contributed by atoms with E-state index in [0.717, 1.165) is 56.0 Å². The van der Waals surface area contributed by atoms with E-state index in [1.807, 2.05) is 29.2 Å². The number of anilines is 1. The minimum Gasteiger partial charge on any atom is -0.381 e. The molecule has 160 valence electrons. The predicted octanol–water partition coefficient (Wildman–Crippen LogP) is 2.87. The van der Waals surface area contributed by atoms with Crippen LogP contribution in [-0.2, 0) is 20.7 Å². The van der Waals surface area contributed by atoms with E-state index in [1.165, 1.54) is 6.92 Å². The van der Waals surface area contributed by atoms with Gasteiger partial charge in [-0.1, -0.05) is 17.3 Å². The molecule has 1 N–H and O–H groups in total. The van der Waals surface area contributed by atoms with Gasteiger partial charge in [0.15, 0.2) is 5.82 Å². The summed E-state index contributed by atoms with van der Waals surface area (Å²) in [4.78, 5) is 30.3. The Bertz CT molecular complexity index is 866. The summed E-state index contributed by atoms with van der Waals surface area (Å²) in [7, 11) is 0. The summed E-state index contributed by atoms with van der Waals surface area (Å²) < 4.78 is 11.0. The standard InChI is InChI=1S/C22H28N4O4/c1-15(27)23-19-4-2-16(3-5-19)14-20(28)26-10-6-18(7-11-26)22-24-21(25-30-22)17-8-12-29-13-9-17/h2-5,17-18H,6-14H2,1H3,(H,23,27). The number of rotatable bonds is 5. The molecule has 8 heteroatoms. The molecule has 1 aromatic carbocycles. The van der Waals surface area contributed by atoms with Crippen molar-refractivity contribution in [1.29, 1.82) is 0 Å². The van der Waals surface area contributed by atoms with Crippen molar-refractivity contribution in [1.82, 2.24) is 15.0 Å². The summed E-state index contributed by atoms with van der Waals surface area (Å²) in [5, 5.41) is 6.93. The Labute approximate surface area is 176 Å². The number of hydrogen-bond acceptors (Lipinski definition) is 6. The van der Waals surface area contributed by atoms with Crippen LogP contribution in [0.4, 0.5) is 5.69 Å². The van der Waals surface area contributed by atoms with E-state index in [0.29, 0.717) is 31.3 Å². The van der Waals surface area contributed by atoms with E-state index in [9.17, 15) is 9.59 Å². The molecule has 30 heavy (non-hydrogen) atoms. The Morgan fingerprint density at radius 2 is 1.77 bits per heavy atom. The molecule has 4 rings (SSSR count). The van der Waals surface area contributed by atoms with Gasteiger partial charge in [-0.15, -0.1) is 0 Å². The molecule has 0 unspecified atom stereocenters. The Kier molecular flexibility index (Phi) is 6.42. The van der Waals surface area contributed by atoms with E-state index in [2.05, 4.69) is 15.5 Å². The van der Waals surface area contributed by atoms with E-state index in [4.69, 9.17) is 9.26 Å². The van der Waals surface area contributed by atoms with Crippen molar-refractivity contribution in [3.8, 4) is 0 Å². The second-order valence-corrected chi connectivity index (χ2v) is 8.09. The molecule has 3 heterocycles. The molecule has 0 saturated carbocycles. The fourth-order valence-corrected chi connectivity index (χ4v) is 4.11. The second kappa shape index (κ2) is 9.38. The maximum atomic E-state index is 12.7. The van der Waals surface area contributed by atoms with Crippen LogP contribution in [0, 0.1) is 0 Å². The highest BCUT2D eigenvalue weighted by Gasteiger charge is 2.29. The van der Waals surface area contributed by atoms with Gasteiger partial charge in [-0.25, -0.2) is 0 Å². The number of benzene rings is 1. The summed E-state index contributed by atoms with van der Waals surface area (Å²) in [6, 6.07) is 7.40. The number of likely N-dealkylation sites (tertiary alicyclic amines) is 1. The molecular formula is C22H28N4O4. The van der Waals surface area contributed by atoms with Gasteiger partial charge >= 0.3 is 0 Å². The van der Waals surface area contributed by atoms with Gasteiger partial charge in [-0.3, -0.25) is 9.59 Å². The Morgan fingerprint density at radius 3 is 2.43 bits per heavy atom. The number of aromatic nitrogens is 2. The predicted molar refractivity (Wildman–Crippen MR) is 110 cm³/mol. The second-order valence-electron chi connectivity index (χ2n) is 8.09. The number of nitrogens with zero attached hydrogens (tertiary/aromatic N) is 3. The molecule has 0 atom stereocenters. The molecule has 8 nitrogen and oxygen atoms in total. The first-order valence-corrected chi connectivity index (χ1v) is 10.6. The molecular weight excluding hydrogens is 384 g/mol. The average Bonchev–Trinajstić information content (AvgIpc) is 3.26. The Morgan fingerprint density at radius 1 is 1.07 bits per heavy atom. The number of ether oxygens (including phenoxy) is 1. The number of carbonyl (C=O) groups excluding carboxylic acids is 2. The molecule has 2 aromatic rings. The average molecular weight is 412 g/mol. The fraction of sp³-hybridized carbons (Fsp3) is 0.545. The summed E-state index contributed by atoms with van der Waals surface area (Å²) in [6.07, 6.45) is 3.92. The van der Waals surface area contributed by atoms with Crippen LogP contribution in [0.5, 0.6) is 0 Å². The molecule has 0 bridgehead atoms. The fourth-order valence-electron chi connectivity index (χ4n) is 4.11. The lowest BCUT2D eigenvalue weighted by Gasteiger charge is -2.30. The van der Waals surface area contributed by atoms with Crippen LogP contribution in [0.1, 0.15) is 61.7 Å². The molecule has 2 aliphatic heterocycles. The molecule has 0 aliphatic carbocycles. The Balaban J connectivity index is 1.27. The molecule has 2 fully saturated rings. The van der Waals surface area contributed by atoms with Crippen LogP contribution in [0.15, 0.2) is 28.8 Å². The number of amides is 2. The lowest BCUT2D eigenvalue weighted by Crippen LogP contribution is -2.38. The van der Waals surface area contributed by atoms with Gasteiger partial charge in [0.1, 0.15) is 0 Å². The first-order chi connectivity index (χ1) is 14.6. The van der Waals surface area contributed by atoms with Gasteiger partial charge in [0.05, 0.1) is 6.42 Å². The lowest BCUT2D eigenvalue weighted by molar-refractivity contribution is -0.131. The monoisotopic (exact) mass is 412 g/mol. The minimum absolute atomic E-state index is 0.108. The van der Waals surface area contributed by atoms with Gasteiger partial charge in [0.2, 0.25) is 17.7 Å². The molecule has 0 radical (unpaired) electrons. The molecule has 1 aromatic heterocycles. The van der Waals surface area contributed by atoms with Crippen molar-refractivity contribution in [2.45, 2.75) is 50.9 Å². The zero-order valence-electron chi connectivity index (χ0n) is 17.3. The van der Waals surface area contributed by atoms with E-state index >= 15 is 0 Å². The van der Waals surface area contributed by atoms with Crippen molar-refractivity contribution in [3.05, 3.63) is 41.5 Å². The maximum Gasteiger partial charge on any atom is 0.229 e. The van der Waals surface area contributed by atoms with Crippen molar-refractivity contribution >= 4 is 17.5 Å². The SMILES string of the molecule is CC(=O)Nc1ccc(CC(=O)N2CCC(c3nc(C4CCOCC4)no3)CC2)cc1. The zero-order valence-corrected chi connectivity index (χ0v) is 17.3. The van der Waals surface area contributed by atoms with Crippen LogP contribution < -0.4 is 5.32 Å². The highest BCUT2D eigenvalue weighted by molar-refractivity contribution is 5.88. The van der Waals surface area contributed by atoms with Gasteiger partial charge in [-0.05, 0) is 43.4 Å². The summed E-state index contributed by atoms with van der Waals surface area (Å²) >= 11 is 0. The molecule has 2 saturated heterocycles. The smallest absolute Gasteiger partial charge is 0.229 e. The maximum absolute atomic E-state index is 12.7. The third kappa shape index (κ3) is 5.05. The van der Waals surface area contributed by atoms with Gasteiger partial charge in [0, 0.05) is 50.8 Å². The normalized spacial score (nSPS) is 18.4. The van der Waals surface area contributed by atoms with Crippen molar-refractivity contribution < 1.29 is 18.8 Å². The van der Waals surface area contributed by atoms with Crippen molar-refractivity contribution in [3.63, 3.8) is 0 Å². The van der Waals surface area contributed by atoms with Crippen LogP contribution >= 0.6 is 0 Å². The van der Waals surface area contributed by atoms with Crippen molar-refractivity contribution in [2.24, 2.45) is 0 Å². The minimum atomic E-state index is -0.108.